The lowest BCUT2D eigenvalue weighted by atomic mass is 9.80. The Bertz CT molecular complexity index is 3070. The summed E-state index contributed by atoms with van der Waals surface area (Å²) < 4.78 is 49.5. The molecular formula is C59H73B2Br2F3N6O8S. The molecule has 0 bridgehead atoms. The number of carbonyl (C=O) groups is 2. The predicted octanol–water partition coefficient (Wildman–Crippen LogP) is 11.5. The number of rotatable bonds is 10. The smallest absolute Gasteiger partial charge is 0.488 e. The third-order valence-electron chi connectivity index (χ3n) is 11.8. The van der Waals surface area contributed by atoms with E-state index in [4.69, 9.17) is 29.6 Å². The Balaban J connectivity index is 0.000000663. The van der Waals surface area contributed by atoms with Crippen molar-refractivity contribution in [2.45, 2.75) is 50.0 Å². The van der Waals surface area contributed by atoms with Crippen molar-refractivity contribution in [2.75, 3.05) is 52.3 Å². The van der Waals surface area contributed by atoms with Gasteiger partial charge in [-0.1, -0.05) is 95.5 Å². The Kier molecular flexibility index (Phi) is 32.8. The van der Waals surface area contributed by atoms with Gasteiger partial charge in [-0.15, -0.1) is 11.3 Å². The fourth-order valence-corrected chi connectivity index (χ4v) is 8.72. The van der Waals surface area contributed by atoms with E-state index in [9.17, 15) is 22.8 Å². The Morgan fingerprint density at radius 3 is 1.70 bits per heavy atom. The number of methoxy groups -OCH3 is 2. The Labute approximate surface area is 496 Å². The minimum Gasteiger partial charge on any atom is -0.497 e. The van der Waals surface area contributed by atoms with E-state index in [1.165, 1.54) is 48.5 Å². The zero-order chi connectivity index (χ0) is 54.6. The first-order valence-electron chi connectivity index (χ1n) is 23.5. The standard InChI is InChI=1S/C32H32FN5O3.C7H9BO3.C6H6BFO2.C6H4BrF.C3H2BrNS.5CH4/c1-41-27-9-4-23(5-10-27)31-28-18-26(8-11-29(28)35-36-31)34-32(40)24-12-15-37(19-24)20-30(39)38-16-13-22(14-17-38)21-2-6-25(33)7-3-21;1-11-7-4-2-6(3-5-7)8(9)10;8-6-3-1-5(2-4-6)7(9)10;7-5-1-3-6(8)4-2-5;4-3-5-1-2-6-3;;;;;/h2-11,13,18,24H,12,14-17,19-20H2,1H3,(H,34,40)(H,35,36);2-5,9-10H,1H3;1-4,9-10H;1-4H;1-2H;5*1H4/t24-;;;;;;;;;/m1........./s1. The third-order valence-corrected chi connectivity index (χ3v) is 13.6. The Hall–Kier alpha value is -6.62. The lowest BCUT2D eigenvalue weighted by Crippen LogP contribution is -2.41. The van der Waals surface area contributed by atoms with Gasteiger partial charge in [-0.2, -0.15) is 5.10 Å². The SMILES string of the molecule is Brc1nccs1.C.C.C.C.C.COc1ccc(-c2n[nH]c3ccc(NC(=O)[C@@H]4CCN(CC(=O)N5CC=C(c6ccc(F)cc6)CC5)C4)cc23)cc1.COc1ccc(B(O)O)cc1.Fc1ccc(Br)cc1.OB(O)c1ccc(F)cc1. The van der Waals surface area contributed by atoms with E-state index in [2.05, 4.69) is 57.3 Å². The molecule has 1 fully saturated rings. The molecule has 0 unspecified atom stereocenters. The largest absolute Gasteiger partial charge is 0.497 e. The molecule has 434 valence electrons. The van der Waals surface area contributed by atoms with Crippen LogP contribution >= 0.6 is 43.2 Å². The van der Waals surface area contributed by atoms with E-state index >= 15 is 0 Å². The lowest BCUT2D eigenvalue weighted by molar-refractivity contribution is -0.132. The maximum atomic E-state index is 13.2. The molecule has 2 aliphatic heterocycles. The predicted molar refractivity (Wildman–Crippen MR) is 333 cm³/mol. The van der Waals surface area contributed by atoms with Crippen molar-refractivity contribution in [1.29, 1.82) is 0 Å². The topological polar surface area (TPSA) is 194 Å². The molecule has 14 nitrogen and oxygen atoms in total. The molecule has 2 amide bonds. The third kappa shape index (κ3) is 23.0. The van der Waals surface area contributed by atoms with Crippen LogP contribution in [0.4, 0.5) is 18.9 Å². The molecule has 4 heterocycles. The molecule has 22 heteroatoms. The summed E-state index contributed by atoms with van der Waals surface area (Å²) in [6.07, 6.45) is 5.25. The maximum absolute atomic E-state index is 13.2. The molecule has 0 saturated carbocycles. The number of hydrogen-bond donors (Lipinski definition) is 6. The number of fused-ring (bicyclic) bond motifs is 1. The summed E-state index contributed by atoms with van der Waals surface area (Å²) in [5.74, 6) is 0.480. The van der Waals surface area contributed by atoms with Crippen molar-refractivity contribution in [1.82, 2.24) is 25.0 Å². The van der Waals surface area contributed by atoms with E-state index in [0.29, 0.717) is 61.5 Å². The molecule has 2 aliphatic rings. The first-order valence-corrected chi connectivity index (χ1v) is 26.0. The van der Waals surface area contributed by atoms with Crippen LogP contribution in [-0.2, 0) is 9.59 Å². The van der Waals surface area contributed by atoms with Crippen LogP contribution in [0.15, 0.2) is 166 Å². The average molecular weight is 1260 g/mol. The summed E-state index contributed by atoms with van der Waals surface area (Å²) in [7, 11) is 0.278. The van der Waals surface area contributed by atoms with Gasteiger partial charge in [-0.25, -0.2) is 18.2 Å². The van der Waals surface area contributed by atoms with Crippen molar-refractivity contribution in [2.24, 2.45) is 5.92 Å². The minimum atomic E-state index is -1.51. The summed E-state index contributed by atoms with van der Waals surface area (Å²) in [6.45, 7) is 2.73. The number of nitrogens with zero attached hydrogens (tertiary/aromatic N) is 4. The van der Waals surface area contributed by atoms with Gasteiger partial charge in [0.15, 0.2) is 3.92 Å². The lowest BCUT2D eigenvalue weighted by Gasteiger charge is -2.28. The molecule has 1 atom stereocenters. The fraction of sp³-hybridized carbons (Fsp3) is 0.254. The van der Waals surface area contributed by atoms with E-state index in [-0.39, 0.29) is 72.3 Å². The zero-order valence-electron chi connectivity index (χ0n) is 41.2. The van der Waals surface area contributed by atoms with Crippen molar-refractivity contribution < 1.29 is 52.3 Å². The summed E-state index contributed by atoms with van der Waals surface area (Å²) in [4.78, 5) is 33.9. The molecule has 0 aliphatic carbocycles. The summed E-state index contributed by atoms with van der Waals surface area (Å²) >= 11 is 7.95. The quantitative estimate of drug-likeness (QED) is 0.0714. The number of ether oxygens (including phenoxy) is 2. The van der Waals surface area contributed by atoms with E-state index in [0.717, 1.165) is 53.9 Å². The van der Waals surface area contributed by atoms with E-state index < -0.39 is 14.2 Å². The first kappa shape index (κ1) is 72.4. The number of H-pyrrole nitrogens is 1. The number of aromatic nitrogens is 3. The number of thiazole rings is 1. The monoisotopic (exact) mass is 1260 g/mol. The molecule has 8 aromatic rings. The van der Waals surface area contributed by atoms with E-state index in [1.54, 1.807) is 80.3 Å². The number of aromatic amines is 1. The van der Waals surface area contributed by atoms with Gasteiger partial charge in [-0.05, 0) is 161 Å². The first-order chi connectivity index (χ1) is 36.6. The minimum absolute atomic E-state index is 0. The highest BCUT2D eigenvalue weighted by molar-refractivity contribution is 9.11. The number of anilines is 1. The molecule has 2 aromatic heterocycles. The molecule has 10 rings (SSSR count). The molecule has 6 N–H and O–H groups in total. The molecule has 0 spiro atoms. The van der Waals surface area contributed by atoms with Crippen LogP contribution in [0.3, 0.4) is 0 Å². The molecule has 1 saturated heterocycles. The van der Waals surface area contributed by atoms with Gasteiger partial charge in [0.25, 0.3) is 0 Å². The number of benzene rings is 6. The van der Waals surface area contributed by atoms with Crippen molar-refractivity contribution in [3.63, 3.8) is 0 Å². The molecular weight excluding hydrogens is 1190 g/mol. The number of likely N-dealkylation sites (tertiary alicyclic amines) is 1. The number of nitrogens with one attached hydrogen (secondary N) is 2. The Morgan fingerprint density at radius 1 is 0.716 bits per heavy atom. The van der Waals surface area contributed by atoms with Crippen LogP contribution in [0, 0.1) is 23.4 Å². The Morgan fingerprint density at radius 2 is 1.23 bits per heavy atom. The van der Waals surface area contributed by atoms with Gasteiger partial charge in [-0.3, -0.25) is 19.6 Å². The van der Waals surface area contributed by atoms with Gasteiger partial charge >= 0.3 is 14.2 Å². The highest BCUT2D eigenvalue weighted by Crippen LogP contribution is 2.30. The van der Waals surface area contributed by atoms with Gasteiger partial charge in [0.2, 0.25) is 11.8 Å². The number of carbonyl (C=O) groups excluding carboxylic acids is 2. The van der Waals surface area contributed by atoms with Gasteiger partial charge in [0, 0.05) is 52.3 Å². The second-order valence-corrected chi connectivity index (χ2v) is 20.0. The zero-order valence-corrected chi connectivity index (χ0v) is 45.2. The molecule has 81 heavy (non-hydrogen) atoms. The number of hydrogen-bond acceptors (Lipinski definition) is 12. The van der Waals surface area contributed by atoms with Crippen LogP contribution in [0.1, 0.15) is 55.5 Å². The summed E-state index contributed by atoms with van der Waals surface area (Å²) in [5, 5.41) is 48.0. The van der Waals surface area contributed by atoms with Crippen LogP contribution in [0.5, 0.6) is 11.5 Å². The number of amides is 2. The van der Waals surface area contributed by atoms with Gasteiger partial charge in [0.1, 0.15) is 29.0 Å². The highest BCUT2D eigenvalue weighted by Gasteiger charge is 2.31. The van der Waals surface area contributed by atoms with Crippen LogP contribution in [0.2, 0.25) is 0 Å². The molecule has 6 aromatic carbocycles. The van der Waals surface area contributed by atoms with Gasteiger partial charge < -0.3 is 39.8 Å². The van der Waals surface area contributed by atoms with Crippen LogP contribution in [-0.4, -0.2) is 118 Å². The summed E-state index contributed by atoms with van der Waals surface area (Å²) in [6, 6.07) is 37.6. The van der Waals surface area contributed by atoms with Crippen molar-refractivity contribution >= 4 is 102 Å². The highest BCUT2D eigenvalue weighted by atomic mass is 79.9. The van der Waals surface area contributed by atoms with Crippen LogP contribution < -0.4 is 25.7 Å². The second kappa shape index (κ2) is 36.7. The van der Waals surface area contributed by atoms with E-state index in [1.807, 2.05) is 58.8 Å². The second-order valence-electron chi connectivity index (χ2n) is 16.9. The fourth-order valence-electron chi connectivity index (χ4n) is 7.65. The van der Waals surface area contributed by atoms with Crippen molar-refractivity contribution in [3.8, 4) is 22.8 Å². The summed E-state index contributed by atoms with van der Waals surface area (Å²) in [5.41, 5.74) is 6.25. The maximum Gasteiger partial charge on any atom is 0.488 e. The number of halogens is 5. The average Bonchev–Trinajstić information content (AvgIpc) is 4.29. The van der Waals surface area contributed by atoms with Crippen molar-refractivity contribution in [3.05, 3.63) is 189 Å². The van der Waals surface area contributed by atoms with Gasteiger partial charge in [0.05, 0.1) is 37.9 Å². The van der Waals surface area contributed by atoms with Crippen LogP contribution in [0.25, 0.3) is 27.7 Å². The molecule has 0 radical (unpaired) electrons. The normalized spacial score (nSPS) is 12.9.